The maximum atomic E-state index is 5.97. The monoisotopic (exact) mass is 216 g/mol. The summed E-state index contributed by atoms with van der Waals surface area (Å²) < 4.78 is 2.05. The molecular weight excluding hydrogens is 200 g/mol. The zero-order valence-corrected chi connectivity index (χ0v) is 9.43. The van der Waals surface area contributed by atoms with Crippen molar-refractivity contribution in [1.82, 2.24) is 14.3 Å². The van der Waals surface area contributed by atoms with E-state index in [0.29, 0.717) is 0 Å². The van der Waals surface area contributed by atoms with Gasteiger partial charge in [-0.1, -0.05) is 6.07 Å². The maximum Gasteiger partial charge on any atom is 0.137 e. The number of nitrogens with two attached hydrogens (primary N) is 1. The highest BCUT2D eigenvalue weighted by Crippen LogP contribution is 2.19. The Hall–Kier alpha value is -1.39. The number of likely N-dealkylation sites (tertiary alicyclic amines) is 1. The van der Waals surface area contributed by atoms with Crippen molar-refractivity contribution >= 4 is 5.65 Å². The molecule has 1 fully saturated rings. The summed E-state index contributed by atoms with van der Waals surface area (Å²) in [6.45, 7) is 4.91. The highest BCUT2D eigenvalue weighted by molar-refractivity contribution is 5.39. The van der Waals surface area contributed by atoms with Crippen molar-refractivity contribution in [2.24, 2.45) is 5.73 Å². The Morgan fingerprint density at radius 1 is 1.44 bits per heavy atom. The number of rotatable bonds is 2. The maximum absolute atomic E-state index is 5.97. The molecule has 16 heavy (non-hydrogen) atoms. The van der Waals surface area contributed by atoms with Gasteiger partial charge in [0.2, 0.25) is 0 Å². The summed E-state index contributed by atoms with van der Waals surface area (Å²) in [5, 5.41) is 0. The molecule has 1 aliphatic heterocycles. The predicted molar refractivity (Wildman–Crippen MR) is 63.1 cm³/mol. The summed E-state index contributed by atoms with van der Waals surface area (Å²) in [5.74, 6) is 0. The van der Waals surface area contributed by atoms with Crippen LogP contribution in [0.15, 0.2) is 30.6 Å². The van der Waals surface area contributed by atoms with Crippen LogP contribution in [0.5, 0.6) is 0 Å². The molecule has 84 valence electrons. The van der Waals surface area contributed by atoms with Crippen LogP contribution in [0.25, 0.3) is 5.65 Å². The number of hydrogen-bond acceptors (Lipinski definition) is 3. The van der Waals surface area contributed by atoms with E-state index in [-0.39, 0.29) is 5.54 Å². The van der Waals surface area contributed by atoms with Crippen LogP contribution in [0.4, 0.5) is 0 Å². The fraction of sp³-hybridized carbons (Fsp3) is 0.417. The van der Waals surface area contributed by atoms with Gasteiger partial charge in [-0.2, -0.15) is 0 Å². The molecule has 4 nitrogen and oxygen atoms in total. The van der Waals surface area contributed by atoms with Crippen molar-refractivity contribution in [2.75, 3.05) is 13.1 Å². The van der Waals surface area contributed by atoms with Crippen molar-refractivity contribution < 1.29 is 0 Å². The first-order valence-electron chi connectivity index (χ1n) is 5.56. The summed E-state index contributed by atoms with van der Waals surface area (Å²) in [6.07, 6.45) is 4.11. The molecule has 3 heterocycles. The minimum atomic E-state index is -0.000835. The van der Waals surface area contributed by atoms with Crippen LogP contribution in [0.2, 0.25) is 0 Å². The van der Waals surface area contributed by atoms with Gasteiger partial charge in [-0.05, 0) is 19.1 Å². The van der Waals surface area contributed by atoms with Gasteiger partial charge in [-0.25, -0.2) is 4.98 Å². The van der Waals surface area contributed by atoms with Crippen LogP contribution in [-0.2, 0) is 6.54 Å². The van der Waals surface area contributed by atoms with E-state index in [1.807, 2.05) is 24.4 Å². The lowest BCUT2D eigenvalue weighted by Crippen LogP contribution is -2.64. The molecule has 2 aromatic heterocycles. The lowest BCUT2D eigenvalue weighted by molar-refractivity contribution is 0.0753. The Bertz CT molecular complexity index is 473. The molecule has 1 saturated heterocycles. The Morgan fingerprint density at radius 3 is 2.94 bits per heavy atom. The smallest absolute Gasteiger partial charge is 0.137 e. The molecule has 0 atom stereocenters. The normalized spacial score (nSPS) is 19.9. The molecule has 0 amide bonds. The van der Waals surface area contributed by atoms with Gasteiger partial charge < -0.3 is 10.1 Å². The lowest BCUT2D eigenvalue weighted by atomic mass is 9.94. The van der Waals surface area contributed by atoms with E-state index in [9.17, 15) is 0 Å². The molecular formula is C12H16N4. The number of nitrogens with zero attached hydrogens (tertiary/aromatic N) is 3. The number of aromatic nitrogens is 2. The minimum Gasteiger partial charge on any atom is -0.323 e. The topological polar surface area (TPSA) is 46.6 Å². The fourth-order valence-corrected chi connectivity index (χ4v) is 2.38. The van der Waals surface area contributed by atoms with Gasteiger partial charge in [0, 0.05) is 37.6 Å². The molecule has 3 rings (SSSR count). The van der Waals surface area contributed by atoms with E-state index in [0.717, 1.165) is 31.0 Å². The Kier molecular flexibility index (Phi) is 2.02. The van der Waals surface area contributed by atoms with Crippen LogP contribution in [0.1, 0.15) is 12.6 Å². The summed E-state index contributed by atoms with van der Waals surface area (Å²) in [7, 11) is 0. The molecule has 0 radical (unpaired) electrons. The van der Waals surface area contributed by atoms with Crippen molar-refractivity contribution in [1.29, 1.82) is 0 Å². The average Bonchev–Trinajstić information content (AvgIpc) is 2.56. The lowest BCUT2D eigenvalue weighted by Gasteiger charge is -2.45. The number of imidazole rings is 1. The number of fused-ring (bicyclic) bond motifs is 1. The van der Waals surface area contributed by atoms with E-state index < -0.39 is 0 Å². The van der Waals surface area contributed by atoms with Crippen LogP contribution < -0.4 is 5.73 Å². The SMILES string of the molecule is CC1(N)CN(Cc2cn3ccccc3n2)C1. The largest absolute Gasteiger partial charge is 0.323 e. The van der Waals surface area contributed by atoms with Gasteiger partial charge in [-0.3, -0.25) is 4.90 Å². The second kappa shape index (κ2) is 3.30. The third-order valence-electron chi connectivity index (χ3n) is 2.97. The second-order valence-corrected chi connectivity index (χ2v) is 5.00. The van der Waals surface area contributed by atoms with Gasteiger partial charge in [-0.15, -0.1) is 0 Å². The quantitative estimate of drug-likeness (QED) is 0.810. The van der Waals surface area contributed by atoms with Crippen molar-refractivity contribution in [3.05, 3.63) is 36.3 Å². The zero-order chi connectivity index (χ0) is 11.2. The first kappa shape index (κ1) is 9.81. The molecule has 1 aliphatic rings. The van der Waals surface area contributed by atoms with Crippen LogP contribution >= 0.6 is 0 Å². The van der Waals surface area contributed by atoms with Crippen LogP contribution in [0.3, 0.4) is 0 Å². The van der Waals surface area contributed by atoms with E-state index in [2.05, 4.69) is 27.4 Å². The summed E-state index contributed by atoms with van der Waals surface area (Å²) >= 11 is 0. The van der Waals surface area contributed by atoms with Gasteiger partial charge >= 0.3 is 0 Å². The third-order valence-corrected chi connectivity index (χ3v) is 2.97. The first-order chi connectivity index (χ1) is 7.62. The molecule has 2 N–H and O–H groups in total. The highest BCUT2D eigenvalue weighted by atomic mass is 15.2. The van der Waals surface area contributed by atoms with Gasteiger partial charge in [0.1, 0.15) is 5.65 Å². The van der Waals surface area contributed by atoms with E-state index in [1.54, 1.807) is 0 Å². The van der Waals surface area contributed by atoms with Gasteiger partial charge in [0.25, 0.3) is 0 Å². The molecule has 0 aromatic carbocycles. The van der Waals surface area contributed by atoms with E-state index >= 15 is 0 Å². The Balaban J connectivity index is 1.76. The van der Waals surface area contributed by atoms with Crippen LogP contribution in [-0.4, -0.2) is 32.9 Å². The van der Waals surface area contributed by atoms with E-state index in [4.69, 9.17) is 5.73 Å². The molecule has 0 spiro atoms. The second-order valence-electron chi connectivity index (χ2n) is 5.00. The summed E-state index contributed by atoms with van der Waals surface area (Å²) in [6, 6.07) is 6.04. The summed E-state index contributed by atoms with van der Waals surface area (Å²) in [5.41, 5.74) is 8.09. The molecule has 4 heteroatoms. The Morgan fingerprint density at radius 2 is 2.25 bits per heavy atom. The minimum absolute atomic E-state index is 0.000835. The zero-order valence-electron chi connectivity index (χ0n) is 9.43. The molecule has 0 aliphatic carbocycles. The molecule has 0 saturated carbocycles. The van der Waals surface area contributed by atoms with Crippen molar-refractivity contribution in [2.45, 2.75) is 19.0 Å². The molecule has 0 unspecified atom stereocenters. The summed E-state index contributed by atoms with van der Waals surface area (Å²) in [4.78, 5) is 6.88. The third kappa shape index (κ3) is 1.70. The van der Waals surface area contributed by atoms with Crippen LogP contribution in [0, 0.1) is 0 Å². The molecule has 0 bridgehead atoms. The predicted octanol–water partition coefficient (Wildman–Crippen LogP) is 0.867. The standard InChI is InChI=1S/C12H16N4/c1-12(13)8-15(9-12)6-10-7-16-5-3-2-4-11(16)14-10/h2-5,7H,6,8-9,13H2,1H3. The number of hydrogen-bond donors (Lipinski definition) is 1. The average molecular weight is 216 g/mol. The van der Waals surface area contributed by atoms with Gasteiger partial charge in [0.15, 0.2) is 0 Å². The van der Waals surface area contributed by atoms with Crippen molar-refractivity contribution in [3.63, 3.8) is 0 Å². The first-order valence-corrected chi connectivity index (χ1v) is 5.56. The van der Waals surface area contributed by atoms with Crippen molar-refractivity contribution in [3.8, 4) is 0 Å². The highest BCUT2D eigenvalue weighted by Gasteiger charge is 2.34. The molecule has 2 aromatic rings. The van der Waals surface area contributed by atoms with E-state index in [1.165, 1.54) is 0 Å². The Labute approximate surface area is 94.7 Å². The fourth-order valence-electron chi connectivity index (χ4n) is 2.38. The number of pyridine rings is 1. The van der Waals surface area contributed by atoms with Gasteiger partial charge in [0.05, 0.1) is 5.69 Å².